The molecule has 3 aromatic rings. The lowest BCUT2D eigenvalue weighted by atomic mass is 10.2. The normalized spacial score (nSPS) is 11.1. The summed E-state index contributed by atoms with van der Waals surface area (Å²) in [5.74, 6) is -1.06. The number of hydrogen-bond acceptors (Lipinski definition) is 0. The van der Waals surface area contributed by atoms with E-state index in [1.165, 1.54) is 18.2 Å². The van der Waals surface area contributed by atoms with Crippen LogP contribution in [0.15, 0.2) is 48.7 Å². The van der Waals surface area contributed by atoms with Gasteiger partial charge in [-0.05, 0) is 36.4 Å². The standard InChI is InChI=1S/C15H10ClF2N/c16-11-4-5-15-10(8-11)6-7-19(15)9-12-13(17)2-1-3-14(12)18/h1-8H,9H2. The van der Waals surface area contributed by atoms with Crippen LogP contribution in [0.1, 0.15) is 5.56 Å². The maximum atomic E-state index is 13.6. The van der Waals surface area contributed by atoms with Gasteiger partial charge >= 0.3 is 0 Å². The van der Waals surface area contributed by atoms with Gasteiger partial charge in [0.15, 0.2) is 0 Å². The molecule has 3 rings (SSSR count). The van der Waals surface area contributed by atoms with Crippen LogP contribution in [0, 0.1) is 11.6 Å². The van der Waals surface area contributed by atoms with Crippen LogP contribution in [0.5, 0.6) is 0 Å². The summed E-state index contributed by atoms with van der Waals surface area (Å²) in [5, 5.41) is 1.59. The third-order valence-electron chi connectivity index (χ3n) is 3.12. The van der Waals surface area contributed by atoms with Crippen LogP contribution in [0.2, 0.25) is 5.02 Å². The Morgan fingerprint density at radius 2 is 1.74 bits per heavy atom. The van der Waals surface area contributed by atoms with Crippen LogP contribution in [0.4, 0.5) is 8.78 Å². The topological polar surface area (TPSA) is 4.93 Å². The maximum absolute atomic E-state index is 13.6. The SMILES string of the molecule is Fc1cccc(F)c1Cn1ccc2cc(Cl)ccc21. The molecule has 1 aromatic heterocycles. The molecular formula is C15H10ClF2N. The Morgan fingerprint density at radius 1 is 1.00 bits per heavy atom. The molecule has 0 saturated carbocycles. The highest BCUT2D eigenvalue weighted by Crippen LogP contribution is 2.22. The number of halogens is 3. The van der Waals surface area contributed by atoms with E-state index in [-0.39, 0.29) is 12.1 Å². The van der Waals surface area contributed by atoms with E-state index >= 15 is 0 Å². The van der Waals surface area contributed by atoms with Crippen LogP contribution < -0.4 is 0 Å². The highest BCUT2D eigenvalue weighted by atomic mass is 35.5. The average molecular weight is 278 g/mol. The van der Waals surface area contributed by atoms with Gasteiger partial charge in [0, 0.05) is 27.7 Å². The van der Waals surface area contributed by atoms with Crippen LogP contribution in [-0.2, 0) is 6.54 Å². The summed E-state index contributed by atoms with van der Waals surface area (Å²) in [6.07, 6.45) is 1.80. The van der Waals surface area contributed by atoms with Crippen molar-refractivity contribution in [2.75, 3.05) is 0 Å². The molecule has 2 aromatic carbocycles. The Balaban J connectivity index is 2.06. The van der Waals surface area contributed by atoms with Crippen LogP contribution in [0.25, 0.3) is 10.9 Å². The minimum Gasteiger partial charge on any atom is -0.343 e. The molecule has 0 bridgehead atoms. The molecule has 0 aliphatic carbocycles. The predicted molar refractivity (Wildman–Crippen MR) is 72.4 cm³/mol. The second-order valence-electron chi connectivity index (χ2n) is 4.35. The lowest BCUT2D eigenvalue weighted by Gasteiger charge is -2.08. The van der Waals surface area contributed by atoms with Gasteiger partial charge in [-0.15, -0.1) is 0 Å². The molecule has 0 atom stereocenters. The molecule has 19 heavy (non-hydrogen) atoms. The van der Waals surface area contributed by atoms with Crippen molar-refractivity contribution in [2.24, 2.45) is 0 Å². The molecule has 4 heteroatoms. The molecular weight excluding hydrogens is 268 g/mol. The molecule has 0 unspecified atom stereocenters. The molecule has 0 N–H and O–H groups in total. The number of fused-ring (bicyclic) bond motifs is 1. The molecule has 0 spiro atoms. The number of rotatable bonds is 2. The van der Waals surface area contributed by atoms with E-state index in [4.69, 9.17) is 11.6 Å². The smallest absolute Gasteiger partial charge is 0.131 e. The molecule has 1 heterocycles. The lowest BCUT2D eigenvalue weighted by molar-refractivity contribution is 0.547. The number of hydrogen-bond donors (Lipinski definition) is 0. The zero-order valence-electron chi connectivity index (χ0n) is 9.91. The predicted octanol–water partition coefficient (Wildman–Crippen LogP) is 4.62. The van der Waals surface area contributed by atoms with Gasteiger partial charge in [0.25, 0.3) is 0 Å². The van der Waals surface area contributed by atoms with E-state index in [1.54, 1.807) is 16.8 Å². The monoisotopic (exact) mass is 277 g/mol. The zero-order valence-corrected chi connectivity index (χ0v) is 10.7. The quantitative estimate of drug-likeness (QED) is 0.644. The van der Waals surface area contributed by atoms with E-state index in [2.05, 4.69) is 0 Å². The highest BCUT2D eigenvalue weighted by Gasteiger charge is 2.10. The fourth-order valence-electron chi connectivity index (χ4n) is 2.16. The summed E-state index contributed by atoms with van der Waals surface area (Å²) in [5.41, 5.74) is 0.960. The largest absolute Gasteiger partial charge is 0.343 e. The van der Waals surface area contributed by atoms with Crippen molar-refractivity contribution in [3.8, 4) is 0 Å². The van der Waals surface area contributed by atoms with E-state index < -0.39 is 11.6 Å². The fourth-order valence-corrected chi connectivity index (χ4v) is 2.34. The van der Waals surface area contributed by atoms with Gasteiger partial charge < -0.3 is 4.57 Å². The van der Waals surface area contributed by atoms with Crippen LogP contribution >= 0.6 is 11.6 Å². The third-order valence-corrected chi connectivity index (χ3v) is 3.36. The Kier molecular flexibility index (Phi) is 2.99. The van der Waals surface area contributed by atoms with Gasteiger partial charge in [0.2, 0.25) is 0 Å². The van der Waals surface area contributed by atoms with Crippen molar-refractivity contribution in [3.63, 3.8) is 0 Å². The summed E-state index contributed by atoms with van der Waals surface area (Å²) in [6, 6.07) is 11.2. The van der Waals surface area contributed by atoms with Crippen molar-refractivity contribution < 1.29 is 8.78 Å². The van der Waals surface area contributed by atoms with Crippen molar-refractivity contribution in [1.82, 2.24) is 4.57 Å². The minimum atomic E-state index is -0.532. The van der Waals surface area contributed by atoms with Crippen molar-refractivity contribution in [2.45, 2.75) is 6.54 Å². The first-order valence-corrected chi connectivity index (χ1v) is 6.20. The molecule has 0 radical (unpaired) electrons. The van der Waals surface area contributed by atoms with Gasteiger partial charge in [-0.1, -0.05) is 17.7 Å². The second-order valence-corrected chi connectivity index (χ2v) is 4.78. The Hall–Kier alpha value is -1.87. The van der Waals surface area contributed by atoms with Crippen molar-refractivity contribution >= 4 is 22.5 Å². The van der Waals surface area contributed by atoms with E-state index in [0.29, 0.717) is 5.02 Å². The zero-order chi connectivity index (χ0) is 13.4. The Labute approximate surface area is 114 Å². The molecule has 0 fully saturated rings. The molecule has 0 amide bonds. The number of benzene rings is 2. The maximum Gasteiger partial charge on any atom is 0.131 e. The first-order chi connectivity index (χ1) is 9.15. The summed E-state index contributed by atoms with van der Waals surface area (Å²) in [7, 11) is 0. The van der Waals surface area contributed by atoms with Crippen molar-refractivity contribution in [1.29, 1.82) is 0 Å². The van der Waals surface area contributed by atoms with Crippen LogP contribution in [0.3, 0.4) is 0 Å². The van der Waals surface area contributed by atoms with Gasteiger partial charge in [0.1, 0.15) is 11.6 Å². The number of nitrogens with zero attached hydrogens (tertiary/aromatic N) is 1. The van der Waals surface area contributed by atoms with Gasteiger partial charge in [-0.25, -0.2) is 8.78 Å². The molecule has 0 aliphatic heterocycles. The Bertz CT molecular complexity index is 729. The van der Waals surface area contributed by atoms with Gasteiger partial charge in [-0.2, -0.15) is 0 Å². The lowest BCUT2D eigenvalue weighted by Crippen LogP contribution is -2.03. The molecule has 0 saturated heterocycles. The first kappa shape index (κ1) is 12.2. The first-order valence-electron chi connectivity index (χ1n) is 5.82. The summed E-state index contributed by atoms with van der Waals surface area (Å²) in [4.78, 5) is 0. The van der Waals surface area contributed by atoms with Gasteiger partial charge in [0.05, 0.1) is 6.54 Å². The summed E-state index contributed by atoms with van der Waals surface area (Å²) in [6.45, 7) is 0.156. The molecule has 1 nitrogen and oxygen atoms in total. The second kappa shape index (κ2) is 4.67. The highest BCUT2D eigenvalue weighted by molar-refractivity contribution is 6.31. The average Bonchev–Trinajstić information content (AvgIpc) is 2.76. The fraction of sp³-hybridized carbons (Fsp3) is 0.0667. The van der Waals surface area contributed by atoms with E-state index in [1.807, 2.05) is 18.2 Å². The third kappa shape index (κ3) is 2.22. The summed E-state index contributed by atoms with van der Waals surface area (Å²) < 4.78 is 29.1. The van der Waals surface area contributed by atoms with Crippen molar-refractivity contribution in [3.05, 3.63) is 70.9 Å². The Morgan fingerprint density at radius 3 is 2.47 bits per heavy atom. The summed E-state index contributed by atoms with van der Waals surface area (Å²) >= 11 is 5.91. The van der Waals surface area contributed by atoms with E-state index in [0.717, 1.165) is 10.9 Å². The number of aromatic nitrogens is 1. The van der Waals surface area contributed by atoms with E-state index in [9.17, 15) is 8.78 Å². The molecule has 96 valence electrons. The van der Waals surface area contributed by atoms with Crippen LogP contribution in [-0.4, -0.2) is 4.57 Å². The van der Waals surface area contributed by atoms with Gasteiger partial charge in [-0.3, -0.25) is 0 Å². The molecule has 0 aliphatic rings. The minimum absolute atomic E-state index is 0.0648.